The third-order valence-corrected chi connectivity index (χ3v) is 1.67. The van der Waals surface area contributed by atoms with Crippen molar-refractivity contribution in [2.75, 3.05) is 0 Å². The molecule has 0 saturated carbocycles. The van der Waals surface area contributed by atoms with E-state index < -0.39 is 0 Å². The molecule has 1 heteroatoms. The van der Waals surface area contributed by atoms with Crippen molar-refractivity contribution in [2.24, 2.45) is 4.99 Å². The highest BCUT2D eigenvalue weighted by molar-refractivity contribution is 5.98. The standard InChI is InChI=1S/C11H13N/c1-9(2)10(3)12-11-7-5-4-6-8-11/h4-8H,1H2,2-3H3. The van der Waals surface area contributed by atoms with E-state index in [1.54, 1.807) is 0 Å². The molecule has 1 aromatic carbocycles. The van der Waals surface area contributed by atoms with Crippen LogP contribution >= 0.6 is 0 Å². The van der Waals surface area contributed by atoms with Gasteiger partial charge in [0.05, 0.1) is 5.69 Å². The monoisotopic (exact) mass is 159 g/mol. The minimum Gasteiger partial charge on any atom is -0.254 e. The predicted octanol–water partition coefficient (Wildman–Crippen LogP) is 3.36. The minimum atomic E-state index is 0.984. The molecule has 1 rings (SSSR count). The summed E-state index contributed by atoms with van der Waals surface area (Å²) in [6, 6.07) is 9.89. The first-order chi connectivity index (χ1) is 5.70. The Morgan fingerprint density at radius 3 is 2.25 bits per heavy atom. The maximum Gasteiger partial charge on any atom is 0.0632 e. The zero-order valence-corrected chi connectivity index (χ0v) is 7.54. The van der Waals surface area contributed by atoms with Gasteiger partial charge in [-0.1, -0.05) is 24.8 Å². The van der Waals surface area contributed by atoms with Crippen molar-refractivity contribution >= 4 is 11.4 Å². The predicted molar refractivity (Wildman–Crippen MR) is 54.0 cm³/mol. The molecule has 0 aliphatic rings. The highest BCUT2D eigenvalue weighted by Crippen LogP contribution is 2.11. The fourth-order valence-electron chi connectivity index (χ4n) is 0.792. The van der Waals surface area contributed by atoms with Crippen LogP contribution in [0, 0.1) is 0 Å². The summed E-state index contributed by atoms with van der Waals surface area (Å²) >= 11 is 0. The number of aliphatic imine (C=N–C) groups is 1. The molecule has 1 aromatic rings. The normalized spacial score (nSPS) is 11.3. The molecule has 0 radical (unpaired) electrons. The smallest absolute Gasteiger partial charge is 0.0632 e. The van der Waals surface area contributed by atoms with Crippen molar-refractivity contribution in [1.82, 2.24) is 0 Å². The summed E-state index contributed by atoms with van der Waals surface area (Å²) in [6.07, 6.45) is 0. The van der Waals surface area contributed by atoms with E-state index >= 15 is 0 Å². The minimum absolute atomic E-state index is 0.984. The Morgan fingerprint density at radius 2 is 1.75 bits per heavy atom. The molecule has 0 unspecified atom stereocenters. The van der Waals surface area contributed by atoms with E-state index in [4.69, 9.17) is 0 Å². The van der Waals surface area contributed by atoms with Crippen LogP contribution in [0.2, 0.25) is 0 Å². The van der Waals surface area contributed by atoms with Gasteiger partial charge in [-0.2, -0.15) is 0 Å². The number of hydrogen-bond acceptors (Lipinski definition) is 1. The SMILES string of the molecule is C=C(C)C(C)=Nc1ccccc1. The summed E-state index contributed by atoms with van der Waals surface area (Å²) < 4.78 is 0. The lowest BCUT2D eigenvalue weighted by Gasteiger charge is -1.97. The van der Waals surface area contributed by atoms with Crippen molar-refractivity contribution in [2.45, 2.75) is 13.8 Å². The molecule has 1 nitrogen and oxygen atoms in total. The van der Waals surface area contributed by atoms with Gasteiger partial charge < -0.3 is 0 Å². The van der Waals surface area contributed by atoms with E-state index in [1.165, 1.54) is 0 Å². The van der Waals surface area contributed by atoms with Crippen LogP contribution < -0.4 is 0 Å². The van der Waals surface area contributed by atoms with Crippen LogP contribution in [-0.2, 0) is 0 Å². The Kier molecular flexibility index (Phi) is 2.81. The molecule has 0 aliphatic heterocycles. The van der Waals surface area contributed by atoms with Crippen molar-refractivity contribution < 1.29 is 0 Å². The van der Waals surface area contributed by atoms with Gasteiger partial charge in [0.1, 0.15) is 0 Å². The van der Waals surface area contributed by atoms with E-state index in [9.17, 15) is 0 Å². The molecule has 0 atom stereocenters. The first-order valence-electron chi connectivity index (χ1n) is 3.96. The summed E-state index contributed by atoms with van der Waals surface area (Å²) in [5.41, 5.74) is 2.98. The lowest BCUT2D eigenvalue weighted by atomic mass is 10.2. The molecule has 0 aliphatic carbocycles. The van der Waals surface area contributed by atoms with Crippen molar-refractivity contribution in [3.63, 3.8) is 0 Å². The molecule has 0 spiro atoms. The Morgan fingerprint density at radius 1 is 1.17 bits per heavy atom. The average molecular weight is 159 g/mol. The Balaban J connectivity index is 2.89. The van der Waals surface area contributed by atoms with Gasteiger partial charge in [-0.3, -0.25) is 4.99 Å². The van der Waals surface area contributed by atoms with Gasteiger partial charge in [0, 0.05) is 5.71 Å². The lowest BCUT2D eigenvalue weighted by Crippen LogP contribution is -1.89. The molecule has 0 amide bonds. The lowest BCUT2D eigenvalue weighted by molar-refractivity contribution is 1.46. The van der Waals surface area contributed by atoms with Crippen molar-refractivity contribution in [3.05, 3.63) is 42.5 Å². The molecule has 0 N–H and O–H groups in total. The van der Waals surface area contributed by atoms with Crippen LogP contribution in [0.1, 0.15) is 13.8 Å². The number of allylic oxidation sites excluding steroid dienone is 1. The summed E-state index contributed by atoms with van der Waals surface area (Å²) in [5.74, 6) is 0. The van der Waals surface area contributed by atoms with Gasteiger partial charge in [-0.05, 0) is 31.6 Å². The summed E-state index contributed by atoms with van der Waals surface area (Å²) in [5, 5.41) is 0. The Labute approximate surface area is 73.5 Å². The molecule has 0 fully saturated rings. The molecule has 0 aromatic heterocycles. The van der Waals surface area contributed by atoms with Crippen LogP contribution in [-0.4, -0.2) is 5.71 Å². The number of benzene rings is 1. The van der Waals surface area contributed by atoms with E-state index in [0.717, 1.165) is 17.0 Å². The largest absolute Gasteiger partial charge is 0.254 e. The molecule has 12 heavy (non-hydrogen) atoms. The van der Waals surface area contributed by atoms with Crippen LogP contribution in [0.4, 0.5) is 5.69 Å². The second kappa shape index (κ2) is 3.86. The molecule has 62 valence electrons. The molecule has 0 bridgehead atoms. The van der Waals surface area contributed by atoms with E-state index in [1.807, 2.05) is 44.2 Å². The van der Waals surface area contributed by atoms with Gasteiger partial charge in [0.2, 0.25) is 0 Å². The quantitative estimate of drug-likeness (QED) is 0.587. The fourth-order valence-corrected chi connectivity index (χ4v) is 0.792. The second-order valence-electron chi connectivity index (χ2n) is 2.81. The molecule has 0 heterocycles. The topological polar surface area (TPSA) is 12.4 Å². The first-order valence-corrected chi connectivity index (χ1v) is 3.96. The highest BCUT2D eigenvalue weighted by Gasteiger charge is 1.91. The molecule has 0 saturated heterocycles. The Hall–Kier alpha value is -1.37. The van der Waals surface area contributed by atoms with Gasteiger partial charge >= 0.3 is 0 Å². The van der Waals surface area contributed by atoms with Crippen LogP contribution in [0.3, 0.4) is 0 Å². The molecular weight excluding hydrogens is 146 g/mol. The number of hydrogen-bond donors (Lipinski definition) is 0. The highest BCUT2D eigenvalue weighted by atomic mass is 14.7. The second-order valence-corrected chi connectivity index (χ2v) is 2.81. The zero-order valence-electron chi connectivity index (χ0n) is 7.54. The number of rotatable bonds is 2. The van der Waals surface area contributed by atoms with Crippen LogP contribution in [0.5, 0.6) is 0 Å². The summed E-state index contributed by atoms with van der Waals surface area (Å²) in [4.78, 5) is 4.38. The third kappa shape index (κ3) is 2.35. The maximum atomic E-state index is 4.38. The average Bonchev–Trinajstić information content (AvgIpc) is 2.06. The van der Waals surface area contributed by atoms with Crippen LogP contribution in [0.15, 0.2) is 47.5 Å². The van der Waals surface area contributed by atoms with Crippen molar-refractivity contribution in [3.8, 4) is 0 Å². The first kappa shape index (κ1) is 8.72. The zero-order chi connectivity index (χ0) is 8.97. The van der Waals surface area contributed by atoms with E-state index in [0.29, 0.717) is 0 Å². The fraction of sp³-hybridized carbons (Fsp3) is 0.182. The third-order valence-electron chi connectivity index (χ3n) is 1.67. The van der Waals surface area contributed by atoms with Gasteiger partial charge in [-0.15, -0.1) is 0 Å². The van der Waals surface area contributed by atoms with Crippen molar-refractivity contribution in [1.29, 1.82) is 0 Å². The number of para-hydroxylation sites is 1. The maximum absolute atomic E-state index is 4.38. The summed E-state index contributed by atoms with van der Waals surface area (Å²) in [7, 11) is 0. The number of nitrogens with zero attached hydrogens (tertiary/aromatic N) is 1. The molecular formula is C11H13N. The van der Waals surface area contributed by atoms with Gasteiger partial charge in [0.25, 0.3) is 0 Å². The Bertz CT molecular complexity index is 296. The van der Waals surface area contributed by atoms with E-state index in [2.05, 4.69) is 11.6 Å². The van der Waals surface area contributed by atoms with Gasteiger partial charge in [-0.25, -0.2) is 0 Å². The van der Waals surface area contributed by atoms with Gasteiger partial charge in [0.15, 0.2) is 0 Å². The van der Waals surface area contributed by atoms with Crippen LogP contribution in [0.25, 0.3) is 0 Å². The van der Waals surface area contributed by atoms with E-state index in [-0.39, 0.29) is 0 Å². The summed E-state index contributed by atoms with van der Waals surface area (Å²) in [6.45, 7) is 7.75.